The quantitative estimate of drug-likeness (QED) is 0.376. The van der Waals surface area contributed by atoms with E-state index in [9.17, 15) is 4.79 Å². The van der Waals surface area contributed by atoms with E-state index in [1.54, 1.807) is 18.2 Å². The second-order valence-corrected chi connectivity index (χ2v) is 7.60. The number of pyridine rings is 1. The van der Waals surface area contributed by atoms with Crippen LogP contribution in [0, 0.1) is 6.92 Å². The zero-order chi connectivity index (χ0) is 20.9. The first-order chi connectivity index (χ1) is 14.6. The van der Waals surface area contributed by atoms with Crippen molar-refractivity contribution < 1.29 is 18.8 Å². The van der Waals surface area contributed by atoms with Crippen LogP contribution in [-0.2, 0) is 6.54 Å². The predicted molar refractivity (Wildman–Crippen MR) is 118 cm³/mol. The third-order valence-electron chi connectivity index (χ3n) is 4.90. The standard InChI is InChI=1S/C24H22N2O3S/c1-17-6-5-11-26(16-17)22(24(30)25-15-18-7-3-2-4-8-18)23(27)19-9-10-20-21(14-19)29-13-12-28-20/h2-11,14,16,22H,12-13,15H2,1H3/p+1/t22-/m1/s1. The predicted octanol–water partition coefficient (Wildman–Crippen LogP) is 3.59. The maximum atomic E-state index is 13.6. The fraction of sp³-hybridized carbons (Fsp3) is 0.208. The molecule has 152 valence electrons. The molecule has 5 nitrogen and oxygen atoms in total. The van der Waals surface area contributed by atoms with E-state index in [-0.39, 0.29) is 5.78 Å². The first-order valence-electron chi connectivity index (χ1n) is 9.85. The van der Waals surface area contributed by atoms with Crippen molar-refractivity contribution in [3.05, 3.63) is 89.7 Å². The first-order valence-corrected chi connectivity index (χ1v) is 10.3. The molecule has 1 aliphatic heterocycles. The number of fused-ring (bicyclic) bond motifs is 1. The van der Waals surface area contributed by atoms with Crippen molar-refractivity contribution in [2.75, 3.05) is 13.2 Å². The van der Waals surface area contributed by atoms with Gasteiger partial charge in [-0.3, -0.25) is 4.79 Å². The van der Waals surface area contributed by atoms with E-state index in [4.69, 9.17) is 21.7 Å². The minimum Gasteiger partial charge on any atom is -0.486 e. The van der Waals surface area contributed by atoms with Crippen LogP contribution in [0.3, 0.4) is 0 Å². The van der Waals surface area contributed by atoms with Crippen LogP contribution in [0.15, 0.2) is 73.1 Å². The van der Waals surface area contributed by atoms with E-state index >= 15 is 0 Å². The molecule has 0 saturated heterocycles. The van der Waals surface area contributed by atoms with E-state index in [0.717, 1.165) is 11.1 Å². The van der Waals surface area contributed by atoms with Gasteiger partial charge in [0.2, 0.25) is 5.78 Å². The van der Waals surface area contributed by atoms with Crippen molar-refractivity contribution in [3.8, 4) is 11.5 Å². The topological polar surface area (TPSA) is 51.4 Å². The molecule has 0 unspecified atom stereocenters. The molecule has 6 heteroatoms. The first kappa shape index (κ1) is 20.0. The van der Waals surface area contributed by atoms with Crippen LogP contribution >= 0.6 is 12.2 Å². The maximum absolute atomic E-state index is 13.6. The molecule has 0 amide bonds. The number of nitrogens with zero attached hydrogens (tertiary/aromatic N) is 1. The lowest BCUT2D eigenvalue weighted by Crippen LogP contribution is -2.51. The van der Waals surface area contributed by atoms with E-state index < -0.39 is 6.04 Å². The highest BCUT2D eigenvalue weighted by atomic mass is 32.1. The van der Waals surface area contributed by atoms with Crippen molar-refractivity contribution in [2.45, 2.75) is 19.5 Å². The number of thiocarbonyl (C=S) groups is 1. The number of hydrogen-bond donors (Lipinski definition) is 1. The summed E-state index contributed by atoms with van der Waals surface area (Å²) in [7, 11) is 0. The molecule has 0 radical (unpaired) electrons. The fourth-order valence-electron chi connectivity index (χ4n) is 3.40. The average molecular weight is 420 g/mol. The molecular formula is C24H23N2O3S+. The van der Waals surface area contributed by atoms with Crippen molar-refractivity contribution in [1.29, 1.82) is 0 Å². The van der Waals surface area contributed by atoms with E-state index in [1.807, 2.05) is 66.3 Å². The molecule has 1 aliphatic rings. The average Bonchev–Trinajstić information content (AvgIpc) is 2.78. The van der Waals surface area contributed by atoms with Crippen LogP contribution in [-0.4, -0.2) is 24.0 Å². The summed E-state index contributed by atoms with van der Waals surface area (Å²) >= 11 is 5.69. The van der Waals surface area contributed by atoms with Gasteiger partial charge in [-0.05, 0) is 36.8 Å². The van der Waals surface area contributed by atoms with Gasteiger partial charge in [0.1, 0.15) is 13.2 Å². The summed E-state index contributed by atoms with van der Waals surface area (Å²) in [5.41, 5.74) is 2.67. The van der Waals surface area contributed by atoms with Crippen LogP contribution in [0.2, 0.25) is 0 Å². The summed E-state index contributed by atoms with van der Waals surface area (Å²) in [6.07, 6.45) is 3.79. The molecule has 2 heterocycles. The zero-order valence-electron chi connectivity index (χ0n) is 16.7. The Morgan fingerprint density at radius 3 is 2.60 bits per heavy atom. The Kier molecular flexibility index (Phi) is 6.05. The summed E-state index contributed by atoms with van der Waals surface area (Å²) in [6, 6.07) is 18.5. The number of hydrogen-bond acceptors (Lipinski definition) is 4. The number of Topliss-reactive ketones (excluding diaryl/α,β-unsaturated/α-hetero) is 1. The van der Waals surface area contributed by atoms with Gasteiger partial charge in [-0.2, -0.15) is 4.57 Å². The van der Waals surface area contributed by atoms with Gasteiger partial charge in [-0.15, -0.1) is 0 Å². The molecule has 1 N–H and O–H groups in total. The Morgan fingerprint density at radius 2 is 1.83 bits per heavy atom. The lowest BCUT2D eigenvalue weighted by Gasteiger charge is -2.19. The van der Waals surface area contributed by atoms with Crippen LogP contribution in [0.1, 0.15) is 27.5 Å². The van der Waals surface area contributed by atoms with Gasteiger partial charge in [0.15, 0.2) is 28.9 Å². The Labute approximate surface area is 181 Å². The summed E-state index contributed by atoms with van der Waals surface area (Å²) in [5, 5.41) is 3.26. The molecule has 1 atom stereocenters. The Bertz CT molecular complexity index is 1070. The number of nitrogens with one attached hydrogen (secondary N) is 1. The number of aromatic nitrogens is 1. The second-order valence-electron chi connectivity index (χ2n) is 7.16. The van der Waals surface area contributed by atoms with Crippen LogP contribution in [0.4, 0.5) is 0 Å². The van der Waals surface area contributed by atoms with Crippen molar-refractivity contribution in [3.63, 3.8) is 0 Å². The van der Waals surface area contributed by atoms with Gasteiger partial charge < -0.3 is 14.8 Å². The number of benzene rings is 2. The lowest BCUT2D eigenvalue weighted by molar-refractivity contribution is -0.692. The summed E-state index contributed by atoms with van der Waals surface area (Å²) in [6.45, 7) is 3.52. The summed E-state index contributed by atoms with van der Waals surface area (Å²) in [5.74, 6) is 1.14. The highest BCUT2D eigenvalue weighted by Gasteiger charge is 2.34. The number of ether oxygens (including phenoxy) is 2. The monoisotopic (exact) mass is 419 g/mol. The third-order valence-corrected chi connectivity index (χ3v) is 5.27. The van der Waals surface area contributed by atoms with Crippen molar-refractivity contribution in [2.24, 2.45) is 0 Å². The minimum absolute atomic E-state index is 0.104. The molecule has 0 saturated carbocycles. The molecule has 3 aromatic rings. The van der Waals surface area contributed by atoms with Crippen LogP contribution < -0.4 is 19.4 Å². The van der Waals surface area contributed by atoms with E-state index in [2.05, 4.69) is 5.32 Å². The molecule has 0 fully saturated rings. The highest BCUT2D eigenvalue weighted by Crippen LogP contribution is 2.31. The van der Waals surface area contributed by atoms with E-state index in [1.165, 1.54) is 0 Å². The highest BCUT2D eigenvalue weighted by molar-refractivity contribution is 7.80. The molecule has 0 aliphatic carbocycles. The zero-order valence-corrected chi connectivity index (χ0v) is 17.5. The molecule has 4 rings (SSSR count). The van der Waals surface area contributed by atoms with Gasteiger partial charge in [0, 0.05) is 23.7 Å². The molecule has 2 aromatic carbocycles. The Morgan fingerprint density at radius 1 is 1.07 bits per heavy atom. The molecule has 0 spiro atoms. The van der Waals surface area contributed by atoms with Gasteiger partial charge in [-0.1, -0.05) is 42.5 Å². The Balaban J connectivity index is 1.63. The number of carbonyl (C=O) groups is 1. The molecule has 0 bridgehead atoms. The van der Waals surface area contributed by atoms with Gasteiger partial charge in [0.05, 0.1) is 0 Å². The maximum Gasteiger partial charge on any atom is 0.270 e. The third kappa shape index (κ3) is 4.49. The van der Waals surface area contributed by atoms with Crippen molar-refractivity contribution >= 4 is 23.0 Å². The SMILES string of the molecule is Cc1ccc[n+]([C@H](C(=O)c2ccc3c(c2)OCCO3)C(=S)NCc2ccccc2)c1. The number of carbonyl (C=O) groups excluding carboxylic acids is 1. The van der Waals surface area contributed by atoms with Crippen LogP contribution in [0.25, 0.3) is 0 Å². The molecule has 1 aromatic heterocycles. The largest absolute Gasteiger partial charge is 0.486 e. The number of ketones is 1. The normalized spacial score (nSPS) is 13.4. The Hall–Kier alpha value is -3.25. The second kappa shape index (κ2) is 9.05. The van der Waals surface area contributed by atoms with Gasteiger partial charge in [0.25, 0.3) is 6.04 Å². The summed E-state index contributed by atoms with van der Waals surface area (Å²) in [4.78, 5) is 14.0. The minimum atomic E-state index is -0.661. The molecule has 30 heavy (non-hydrogen) atoms. The lowest BCUT2D eigenvalue weighted by atomic mass is 10.0. The van der Waals surface area contributed by atoms with Gasteiger partial charge in [-0.25, -0.2) is 0 Å². The number of rotatable bonds is 6. The van der Waals surface area contributed by atoms with Crippen LogP contribution in [0.5, 0.6) is 11.5 Å². The van der Waals surface area contributed by atoms with Gasteiger partial charge >= 0.3 is 0 Å². The molecular weight excluding hydrogens is 396 g/mol. The smallest absolute Gasteiger partial charge is 0.270 e. The fourth-order valence-corrected chi connectivity index (χ4v) is 3.70. The number of aryl methyl sites for hydroxylation is 1. The summed E-state index contributed by atoms with van der Waals surface area (Å²) < 4.78 is 13.1. The van der Waals surface area contributed by atoms with Crippen molar-refractivity contribution in [1.82, 2.24) is 5.32 Å². The van der Waals surface area contributed by atoms with E-state index in [0.29, 0.717) is 41.8 Å².